The van der Waals surface area contributed by atoms with E-state index in [0.29, 0.717) is 18.1 Å². The third-order valence-corrected chi connectivity index (χ3v) is 4.64. The van der Waals surface area contributed by atoms with Gasteiger partial charge in [-0.3, -0.25) is 4.90 Å². The Morgan fingerprint density at radius 1 is 1.23 bits per heavy atom. The molecule has 1 aliphatic carbocycles. The fraction of sp³-hybridized carbons (Fsp3) is 0.765. The summed E-state index contributed by atoms with van der Waals surface area (Å²) in [5.74, 6) is 1.83. The van der Waals surface area contributed by atoms with Crippen LogP contribution in [0.5, 0.6) is 0 Å². The number of fused-ring (bicyclic) bond motifs is 1. The lowest BCUT2D eigenvalue weighted by molar-refractivity contribution is 0.185. The molecule has 0 unspecified atom stereocenters. The molecule has 5 heteroatoms. The first-order valence-electron chi connectivity index (χ1n) is 8.73. The third-order valence-electron chi connectivity index (χ3n) is 4.64. The molecule has 2 heterocycles. The Kier molecular flexibility index (Phi) is 4.52. The molecule has 1 aromatic rings. The van der Waals surface area contributed by atoms with Gasteiger partial charge in [-0.2, -0.15) is 4.98 Å². The highest BCUT2D eigenvalue weighted by atomic mass is 15.2. The molecule has 1 fully saturated rings. The molecule has 0 bridgehead atoms. The highest BCUT2D eigenvalue weighted by Gasteiger charge is 2.28. The molecule has 2 aliphatic rings. The van der Waals surface area contributed by atoms with E-state index < -0.39 is 0 Å². The van der Waals surface area contributed by atoms with Crippen molar-refractivity contribution in [1.29, 1.82) is 0 Å². The predicted molar refractivity (Wildman–Crippen MR) is 91.3 cm³/mol. The summed E-state index contributed by atoms with van der Waals surface area (Å²) in [5.41, 5.74) is 2.54. The quantitative estimate of drug-likeness (QED) is 0.846. The van der Waals surface area contributed by atoms with Gasteiger partial charge in [0.05, 0.1) is 5.69 Å². The van der Waals surface area contributed by atoms with Crippen LogP contribution in [0.2, 0.25) is 0 Å². The van der Waals surface area contributed by atoms with Crippen molar-refractivity contribution < 1.29 is 0 Å². The van der Waals surface area contributed by atoms with Crippen LogP contribution in [0.15, 0.2) is 0 Å². The van der Waals surface area contributed by atoms with Crippen molar-refractivity contribution >= 4 is 11.8 Å². The molecular weight excluding hydrogens is 274 g/mol. The average Bonchev–Trinajstić information content (AvgIpc) is 3.29. The third kappa shape index (κ3) is 3.51. The Bertz CT molecular complexity index is 524. The monoisotopic (exact) mass is 303 g/mol. The van der Waals surface area contributed by atoms with Crippen molar-refractivity contribution in [3.05, 3.63) is 11.3 Å². The Balaban J connectivity index is 1.88. The second-order valence-electron chi connectivity index (χ2n) is 7.02. The lowest BCUT2D eigenvalue weighted by atomic mass is 10.0. The van der Waals surface area contributed by atoms with Crippen molar-refractivity contribution in [2.75, 3.05) is 17.2 Å². The van der Waals surface area contributed by atoms with E-state index in [1.54, 1.807) is 0 Å². The van der Waals surface area contributed by atoms with E-state index in [1.807, 2.05) is 0 Å². The maximum atomic E-state index is 4.77. The number of rotatable bonds is 6. The smallest absolute Gasteiger partial charge is 0.225 e. The van der Waals surface area contributed by atoms with Crippen LogP contribution in [0.4, 0.5) is 11.8 Å². The topological polar surface area (TPSA) is 53.1 Å². The summed E-state index contributed by atoms with van der Waals surface area (Å²) in [6.45, 7) is 10.9. The minimum absolute atomic E-state index is 0.354. The molecule has 3 rings (SSSR count). The maximum Gasteiger partial charge on any atom is 0.225 e. The van der Waals surface area contributed by atoms with Gasteiger partial charge in [0.25, 0.3) is 0 Å². The highest BCUT2D eigenvalue weighted by molar-refractivity contribution is 5.53. The molecular formula is C17H29N5. The van der Waals surface area contributed by atoms with Crippen molar-refractivity contribution in [1.82, 2.24) is 14.9 Å². The van der Waals surface area contributed by atoms with Gasteiger partial charge in [-0.05, 0) is 40.0 Å². The fourth-order valence-corrected chi connectivity index (χ4v) is 2.93. The van der Waals surface area contributed by atoms with Gasteiger partial charge in [0.15, 0.2) is 0 Å². The van der Waals surface area contributed by atoms with Crippen LogP contribution in [-0.2, 0) is 13.0 Å². The summed E-state index contributed by atoms with van der Waals surface area (Å²) in [5, 5.41) is 6.98. The Hall–Kier alpha value is -1.36. The lowest BCUT2D eigenvalue weighted by Crippen LogP contribution is -2.38. The van der Waals surface area contributed by atoms with E-state index in [2.05, 4.69) is 43.2 Å². The standard InChI is InChI=1S/C17H29N5/c1-5-12(4)22-9-8-15-14(10-22)16(19-13-6-7-13)21-17(20-15)18-11(2)3/h11-13H,5-10H2,1-4H3,(H2,18,19,20,21)/t12-/m0/s1. The number of hydrogen-bond donors (Lipinski definition) is 2. The van der Waals surface area contributed by atoms with E-state index in [0.717, 1.165) is 31.3 Å². The molecule has 1 aromatic heterocycles. The molecule has 1 saturated carbocycles. The second-order valence-corrected chi connectivity index (χ2v) is 7.02. The Labute approximate surface area is 133 Å². The molecule has 22 heavy (non-hydrogen) atoms. The number of anilines is 2. The first-order chi connectivity index (χ1) is 10.6. The second kappa shape index (κ2) is 6.41. The van der Waals surface area contributed by atoms with E-state index in [1.165, 1.54) is 30.5 Å². The largest absolute Gasteiger partial charge is 0.367 e. The predicted octanol–water partition coefficient (Wildman–Crippen LogP) is 3.03. The van der Waals surface area contributed by atoms with Crippen molar-refractivity contribution in [2.45, 2.75) is 78.0 Å². The average molecular weight is 303 g/mol. The van der Waals surface area contributed by atoms with Crippen molar-refractivity contribution in [3.8, 4) is 0 Å². The van der Waals surface area contributed by atoms with Gasteiger partial charge in [-0.1, -0.05) is 6.92 Å². The van der Waals surface area contributed by atoms with Crippen LogP contribution >= 0.6 is 0 Å². The van der Waals surface area contributed by atoms with Crippen LogP contribution in [0.3, 0.4) is 0 Å². The molecule has 0 spiro atoms. The van der Waals surface area contributed by atoms with Crippen LogP contribution in [0.25, 0.3) is 0 Å². The number of hydrogen-bond acceptors (Lipinski definition) is 5. The lowest BCUT2D eigenvalue weighted by Gasteiger charge is -2.33. The van der Waals surface area contributed by atoms with Crippen LogP contribution in [-0.4, -0.2) is 39.5 Å². The van der Waals surface area contributed by atoms with E-state index >= 15 is 0 Å². The summed E-state index contributed by atoms with van der Waals surface area (Å²) in [4.78, 5) is 12.1. The van der Waals surface area contributed by atoms with Crippen LogP contribution in [0.1, 0.15) is 58.2 Å². The molecule has 0 saturated heterocycles. The molecule has 122 valence electrons. The first-order valence-corrected chi connectivity index (χ1v) is 8.73. The Morgan fingerprint density at radius 2 is 2.00 bits per heavy atom. The van der Waals surface area contributed by atoms with Gasteiger partial charge in [0.1, 0.15) is 5.82 Å². The summed E-state index contributed by atoms with van der Waals surface area (Å²) in [6.07, 6.45) is 4.74. The minimum Gasteiger partial charge on any atom is -0.367 e. The summed E-state index contributed by atoms with van der Waals surface area (Å²) in [6, 6.07) is 1.59. The molecule has 1 atom stereocenters. The van der Waals surface area contributed by atoms with E-state index in [4.69, 9.17) is 9.97 Å². The van der Waals surface area contributed by atoms with E-state index in [9.17, 15) is 0 Å². The zero-order valence-electron chi connectivity index (χ0n) is 14.3. The van der Waals surface area contributed by atoms with Gasteiger partial charge < -0.3 is 10.6 Å². The van der Waals surface area contributed by atoms with Crippen molar-refractivity contribution in [2.24, 2.45) is 0 Å². The molecule has 5 nitrogen and oxygen atoms in total. The SMILES string of the molecule is CC[C@H](C)N1CCc2nc(NC(C)C)nc(NC3CC3)c2C1. The minimum atomic E-state index is 0.354. The summed E-state index contributed by atoms with van der Waals surface area (Å²) >= 11 is 0. The zero-order valence-corrected chi connectivity index (χ0v) is 14.3. The fourth-order valence-electron chi connectivity index (χ4n) is 2.93. The number of aromatic nitrogens is 2. The van der Waals surface area contributed by atoms with E-state index in [-0.39, 0.29) is 0 Å². The number of nitrogens with zero attached hydrogens (tertiary/aromatic N) is 3. The molecule has 2 N–H and O–H groups in total. The van der Waals surface area contributed by atoms with Gasteiger partial charge in [0, 0.05) is 43.2 Å². The molecule has 0 aromatic carbocycles. The molecule has 1 aliphatic heterocycles. The molecule has 0 amide bonds. The molecule has 0 radical (unpaired) electrons. The maximum absolute atomic E-state index is 4.77. The summed E-state index contributed by atoms with van der Waals surface area (Å²) < 4.78 is 0. The van der Waals surface area contributed by atoms with Crippen LogP contribution < -0.4 is 10.6 Å². The van der Waals surface area contributed by atoms with Crippen molar-refractivity contribution in [3.63, 3.8) is 0 Å². The van der Waals surface area contributed by atoms with Gasteiger partial charge in [-0.15, -0.1) is 0 Å². The summed E-state index contributed by atoms with van der Waals surface area (Å²) in [7, 11) is 0. The first kappa shape index (κ1) is 15.5. The number of nitrogens with one attached hydrogen (secondary N) is 2. The van der Waals surface area contributed by atoms with Crippen LogP contribution in [0, 0.1) is 0 Å². The Morgan fingerprint density at radius 3 is 2.64 bits per heavy atom. The normalized spacial score (nSPS) is 19.9. The highest BCUT2D eigenvalue weighted by Crippen LogP contribution is 2.31. The van der Waals surface area contributed by atoms with Gasteiger partial charge >= 0.3 is 0 Å². The zero-order chi connectivity index (χ0) is 15.7. The van der Waals surface area contributed by atoms with Gasteiger partial charge in [-0.25, -0.2) is 4.98 Å². The van der Waals surface area contributed by atoms with Gasteiger partial charge in [0.2, 0.25) is 5.95 Å².